The van der Waals surface area contributed by atoms with Crippen molar-refractivity contribution >= 4 is 17.6 Å². The van der Waals surface area contributed by atoms with Gasteiger partial charge in [-0.3, -0.25) is 4.98 Å². The summed E-state index contributed by atoms with van der Waals surface area (Å²) in [5, 5.41) is 3.24. The van der Waals surface area contributed by atoms with Crippen molar-refractivity contribution < 1.29 is 0 Å². The molecule has 4 heteroatoms. The molecule has 0 aliphatic carbocycles. The van der Waals surface area contributed by atoms with Crippen molar-refractivity contribution in [2.75, 3.05) is 23.4 Å². The van der Waals surface area contributed by atoms with Crippen LogP contribution in [0.15, 0.2) is 25.0 Å². The Morgan fingerprint density at radius 1 is 1.50 bits per heavy atom. The molecule has 0 unspecified atom stereocenters. The molecule has 0 aliphatic heterocycles. The van der Waals surface area contributed by atoms with Crippen LogP contribution in [0.5, 0.6) is 0 Å². The number of aryl methyl sites for hydroxylation is 1. The highest BCUT2D eigenvalue weighted by Crippen LogP contribution is 2.06. The van der Waals surface area contributed by atoms with Gasteiger partial charge in [0.25, 0.3) is 0 Å². The van der Waals surface area contributed by atoms with E-state index in [0.717, 1.165) is 29.6 Å². The Morgan fingerprint density at radius 2 is 2.29 bits per heavy atom. The van der Waals surface area contributed by atoms with Crippen molar-refractivity contribution in [3.05, 3.63) is 30.7 Å². The van der Waals surface area contributed by atoms with Crippen LogP contribution >= 0.6 is 11.8 Å². The summed E-state index contributed by atoms with van der Waals surface area (Å²) < 4.78 is 0. The van der Waals surface area contributed by atoms with E-state index in [1.165, 1.54) is 0 Å². The molecule has 0 bridgehead atoms. The number of thioether (sulfide) groups is 1. The van der Waals surface area contributed by atoms with Crippen molar-refractivity contribution in [3.63, 3.8) is 0 Å². The fourth-order valence-electron chi connectivity index (χ4n) is 0.989. The van der Waals surface area contributed by atoms with Crippen LogP contribution < -0.4 is 5.32 Å². The molecule has 1 heterocycles. The van der Waals surface area contributed by atoms with Crippen LogP contribution in [0, 0.1) is 6.92 Å². The first-order chi connectivity index (χ1) is 6.84. The van der Waals surface area contributed by atoms with Crippen molar-refractivity contribution in [2.45, 2.75) is 6.92 Å². The molecule has 14 heavy (non-hydrogen) atoms. The Kier molecular flexibility index (Phi) is 5.07. The van der Waals surface area contributed by atoms with Gasteiger partial charge < -0.3 is 5.32 Å². The average Bonchev–Trinajstić information content (AvgIpc) is 2.20. The number of hydrogen-bond donors (Lipinski definition) is 1. The van der Waals surface area contributed by atoms with E-state index in [1.54, 1.807) is 12.4 Å². The first-order valence-electron chi connectivity index (χ1n) is 4.54. The predicted octanol–water partition coefficient (Wildman–Crippen LogP) is 2.12. The summed E-state index contributed by atoms with van der Waals surface area (Å²) in [6, 6.07) is 0. The Hall–Kier alpha value is -1.03. The van der Waals surface area contributed by atoms with Crippen LogP contribution in [0.1, 0.15) is 5.69 Å². The molecule has 1 aromatic heterocycles. The number of rotatable bonds is 6. The Morgan fingerprint density at radius 3 is 3.00 bits per heavy atom. The van der Waals surface area contributed by atoms with Gasteiger partial charge in [0.05, 0.1) is 5.69 Å². The molecule has 1 N–H and O–H groups in total. The molecule has 0 radical (unpaired) electrons. The van der Waals surface area contributed by atoms with Gasteiger partial charge in [0, 0.05) is 30.4 Å². The highest BCUT2D eigenvalue weighted by Gasteiger charge is 1.97. The molecule has 1 rings (SSSR count). The molecule has 0 spiro atoms. The smallest absolute Gasteiger partial charge is 0.147 e. The molecule has 0 amide bonds. The standard InChI is InChI=1S/C10H15N3S/c1-3-7-14-8-6-13-10-9(2)11-4-5-12-10/h3-5H,1,6-8H2,2H3,(H,12,13). The van der Waals surface area contributed by atoms with Crippen molar-refractivity contribution in [3.8, 4) is 0 Å². The summed E-state index contributed by atoms with van der Waals surface area (Å²) in [4.78, 5) is 8.34. The van der Waals surface area contributed by atoms with Crippen LogP contribution in [0.25, 0.3) is 0 Å². The van der Waals surface area contributed by atoms with E-state index in [2.05, 4.69) is 21.9 Å². The maximum Gasteiger partial charge on any atom is 0.147 e. The van der Waals surface area contributed by atoms with Crippen LogP contribution in [0.4, 0.5) is 5.82 Å². The highest BCUT2D eigenvalue weighted by molar-refractivity contribution is 7.99. The fraction of sp³-hybridized carbons (Fsp3) is 0.400. The molecule has 0 atom stereocenters. The Bertz CT molecular complexity index is 288. The number of aromatic nitrogens is 2. The van der Waals surface area contributed by atoms with Gasteiger partial charge >= 0.3 is 0 Å². The van der Waals surface area contributed by atoms with Gasteiger partial charge in [-0.1, -0.05) is 6.08 Å². The highest BCUT2D eigenvalue weighted by atomic mass is 32.2. The second-order valence-electron chi connectivity index (χ2n) is 2.78. The topological polar surface area (TPSA) is 37.8 Å². The van der Waals surface area contributed by atoms with Gasteiger partial charge in [0.15, 0.2) is 0 Å². The molecule has 0 aromatic carbocycles. The summed E-state index contributed by atoms with van der Waals surface area (Å²) >= 11 is 1.85. The van der Waals surface area contributed by atoms with Crippen molar-refractivity contribution in [2.24, 2.45) is 0 Å². The molecule has 3 nitrogen and oxygen atoms in total. The van der Waals surface area contributed by atoms with E-state index in [-0.39, 0.29) is 0 Å². The molecule has 1 aromatic rings. The van der Waals surface area contributed by atoms with E-state index in [9.17, 15) is 0 Å². The maximum atomic E-state index is 4.19. The summed E-state index contributed by atoms with van der Waals surface area (Å²) in [5.41, 5.74) is 0.946. The predicted molar refractivity (Wildman–Crippen MR) is 62.8 cm³/mol. The van der Waals surface area contributed by atoms with Crippen LogP contribution in [-0.2, 0) is 0 Å². The van der Waals surface area contributed by atoms with Gasteiger partial charge in [-0.2, -0.15) is 11.8 Å². The minimum Gasteiger partial charge on any atom is -0.368 e. The summed E-state index contributed by atoms with van der Waals surface area (Å²) in [7, 11) is 0. The molecule has 0 saturated carbocycles. The second-order valence-corrected chi connectivity index (χ2v) is 3.93. The number of anilines is 1. The quantitative estimate of drug-likeness (QED) is 0.575. The normalized spacial score (nSPS) is 9.79. The van der Waals surface area contributed by atoms with Gasteiger partial charge in [0.2, 0.25) is 0 Å². The van der Waals surface area contributed by atoms with Crippen molar-refractivity contribution in [1.29, 1.82) is 0 Å². The minimum atomic E-state index is 0.881. The largest absolute Gasteiger partial charge is 0.368 e. The third-order valence-electron chi connectivity index (χ3n) is 1.66. The lowest BCUT2D eigenvalue weighted by atomic mass is 10.4. The van der Waals surface area contributed by atoms with Gasteiger partial charge in [-0.15, -0.1) is 6.58 Å². The van der Waals surface area contributed by atoms with E-state index in [1.807, 2.05) is 24.8 Å². The summed E-state index contributed by atoms with van der Waals surface area (Å²) in [5.74, 6) is 2.94. The average molecular weight is 209 g/mol. The number of nitrogens with one attached hydrogen (secondary N) is 1. The fourth-order valence-corrected chi connectivity index (χ4v) is 1.57. The third kappa shape index (κ3) is 3.79. The molecular formula is C10H15N3S. The number of nitrogens with zero attached hydrogens (tertiary/aromatic N) is 2. The van der Waals surface area contributed by atoms with Crippen molar-refractivity contribution in [1.82, 2.24) is 9.97 Å². The first kappa shape index (κ1) is 11.0. The Labute approximate surface area is 89.0 Å². The lowest BCUT2D eigenvalue weighted by molar-refractivity contribution is 1.08. The monoisotopic (exact) mass is 209 g/mol. The van der Waals surface area contributed by atoms with E-state index in [4.69, 9.17) is 0 Å². The molecule has 0 saturated heterocycles. The van der Waals surface area contributed by atoms with Crippen LogP contribution in [0.2, 0.25) is 0 Å². The summed E-state index contributed by atoms with van der Waals surface area (Å²) in [6.45, 7) is 6.53. The molecular weight excluding hydrogens is 194 g/mol. The minimum absolute atomic E-state index is 0.881. The van der Waals surface area contributed by atoms with E-state index < -0.39 is 0 Å². The first-order valence-corrected chi connectivity index (χ1v) is 5.70. The summed E-state index contributed by atoms with van der Waals surface area (Å²) in [6.07, 6.45) is 5.32. The van der Waals surface area contributed by atoms with E-state index >= 15 is 0 Å². The van der Waals surface area contributed by atoms with Gasteiger partial charge in [-0.05, 0) is 6.92 Å². The van der Waals surface area contributed by atoms with Crippen LogP contribution in [-0.4, -0.2) is 28.0 Å². The third-order valence-corrected chi connectivity index (χ3v) is 2.62. The zero-order valence-corrected chi connectivity index (χ0v) is 9.18. The number of hydrogen-bond acceptors (Lipinski definition) is 4. The zero-order valence-electron chi connectivity index (χ0n) is 8.36. The molecule has 76 valence electrons. The van der Waals surface area contributed by atoms with E-state index in [0.29, 0.717) is 0 Å². The second kappa shape index (κ2) is 6.43. The Balaban J connectivity index is 2.24. The van der Waals surface area contributed by atoms with Gasteiger partial charge in [-0.25, -0.2) is 4.98 Å². The maximum absolute atomic E-state index is 4.19. The van der Waals surface area contributed by atoms with Gasteiger partial charge in [0.1, 0.15) is 5.82 Å². The lowest BCUT2D eigenvalue weighted by Gasteiger charge is -2.05. The SMILES string of the molecule is C=CCSCCNc1nccnc1C. The zero-order chi connectivity index (χ0) is 10.2. The molecule has 0 aliphatic rings. The van der Waals surface area contributed by atoms with Crippen LogP contribution in [0.3, 0.4) is 0 Å². The lowest BCUT2D eigenvalue weighted by Crippen LogP contribution is -2.07. The molecule has 0 fully saturated rings.